The summed E-state index contributed by atoms with van der Waals surface area (Å²) in [5.74, 6) is -0.191. The molecule has 19 heavy (non-hydrogen) atoms. The van der Waals surface area contributed by atoms with Gasteiger partial charge in [0.25, 0.3) is 5.91 Å². The first kappa shape index (κ1) is 14.7. The number of hydrogen-bond acceptors (Lipinski definition) is 4. The van der Waals surface area contributed by atoms with E-state index < -0.39 is 11.0 Å². The van der Waals surface area contributed by atoms with Crippen molar-refractivity contribution in [2.75, 3.05) is 20.1 Å². The molecule has 1 N–H and O–H groups in total. The zero-order valence-electron chi connectivity index (χ0n) is 11.6. The van der Waals surface area contributed by atoms with Crippen LogP contribution in [0, 0.1) is 0 Å². The molecule has 1 unspecified atom stereocenters. The van der Waals surface area contributed by atoms with Crippen molar-refractivity contribution in [2.45, 2.75) is 31.4 Å². The van der Waals surface area contributed by atoms with Gasteiger partial charge in [-0.1, -0.05) is 13.8 Å². The largest absolute Gasteiger partial charge is 0.306 e. The number of nitrogens with zero attached hydrogens (tertiary/aromatic N) is 1. The summed E-state index contributed by atoms with van der Waals surface area (Å²) in [5.41, 5.74) is 1.72. The van der Waals surface area contributed by atoms with E-state index in [1.165, 1.54) is 11.3 Å². The van der Waals surface area contributed by atoms with Crippen LogP contribution in [0.15, 0.2) is 10.8 Å². The van der Waals surface area contributed by atoms with Crippen molar-refractivity contribution in [3.63, 3.8) is 0 Å². The van der Waals surface area contributed by atoms with Crippen molar-refractivity contribution in [1.82, 2.24) is 9.62 Å². The van der Waals surface area contributed by atoms with Crippen LogP contribution in [0.2, 0.25) is 0 Å². The fourth-order valence-corrected chi connectivity index (χ4v) is 4.99. The van der Waals surface area contributed by atoms with Crippen molar-refractivity contribution < 1.29 is 9.00 Å². The first-order valence-corrected chi connectivity index (χ1v) is 8.71. The Balaban J connectivity index is 0.000000637. The molecule has 1 amide bonds. The molecule has 2 aliphatic heterocycles. The molecule has 1 aromatic rings. The fraction of sp³-hybridized carbons (Fsp3) is 0.615. The van der Waals surface area contributed by atoms with Gasteiger partial charge in [-0.2, -0.15) is 11.3 Å². The average molecular weight is 300 g/mol. The topological polar surface area (TPSA) is 49.4 Å². The summed E-state index contributed by atoms with van der Waals surface area (Å²) in [6.07, 6.45) is 1.69. The second kappa shape index (κ2) is 5.73. The highest BCUT2D eigenvalue weighted by Crippen LogP contribution is 2.43. The molecule has 1 atom stereocenters. The highest BCUT2D eigenvalue weighted by molar-refractivity contribution is 7.84. The van der Waals surface area contributed by atoms with E-state index in [0.29, 0.717) is 0 Å². The van der Waals surface area contributed by atoms with Crippen LogP contribution in [0.1, 0.15) is 42.6 Å². The van der Waals surface area contributed by atoms with Crippen LogP contribution in [0.4, 0.5) is 0 Å². The summed E-state index contributed by atoms with van der Waals surface area (Å²) >= 11 is 1.52. The number of likely N-dealkylation sites (tertiary alicyclic amines) is 1. The van der Waals surface area contributed by atoms with Gasteiger partial charge < -0.3 is 4.90 Å². The average Bonchev–Trinajstić information content (AvgIpc) is 2.91. The minimum absolute atomic E-state index is 0.191. The first-order valence-electron chi connectivity index (χ1n) is 6.61. The van der Waals surface area contributed by atoms with Crippen molar-refractivity contribution in [3.05, 3.63) is 21.9 Å². The molecule has 0 bridgehead atoms. The third kappa shape index (κ3) is 2.37. The highest BCUT2D eigenvalue weighted by Gasteiger charge is 2.47. The Morgan fingerprint density at radius 2 is 1.95 bits per heavy atom. The molecule has 0 aromatic carbocycles. The molecule has 106 valence electrons. The minimum Gasteiger partial charge on any atom is -0.306 e. The molecule has 1 spiro atoms. The molecular weight excluding hydrogens is 280 g/mol. The number of piperidine rings is 1. The quantitative estimate of drug-likeness (QED) is 0.798. The maximum absolute atomic E-state index is 12.3. The molecule has 0 saturated carbocycles. The number of amides is 1. The van der Waals surface area contributed by atoms with Crippen molar-refractivity contribution >= 4 is 28.2 Å². The van der Waals surface area contributed by atoms with Crippen molar-refractivity contribution in [2.24, 2.45) is 0 Å². The Morgan fingerprint density at radius 1 is 1.32 bits per heavy atom. The summed E-state index contributed by atoms with van der Waals surface area (Å²) in [6, 6.07) is 0. The van der Waals surface area contributed by atoms with Gasteiger partial charge in [0, 0.05) is 5.38 Å². The smallest absolute Gasteiger partial charge is 0.264 e. The maximum atomic E-state index is 12.3. The second-order valence-electron chi connectivity index (χ2n) is 4.70. The molecule has 4 nitrogen and oxygen atoms in total. The number of thiophene rings is 1. The van der Waals surface area contributed by atoms with E-state index >= 15 is 0 Å². The minimum atomic E-state index is -1.29. The lowest BCUT2D eigenvalue weighted by Gasteiger charge is -2.41. The lowest BCUT2D eigenvalue weighted by atomic mass is 9.87. The monoisotopic (exact) mass is 300 g/mol. The van der Waals surface area contributed by atoms with Gasteiger partial charge in [-0.25, -0.2) is 4.21 Å². The van der Waals surface area contributed by atoms with Crippen LogP contribution in [0.25, 0.3) is 0 Å². The lowest BCUT2D eigenvalue weighted by Crippen LogP contribution is -2.52. The zero-order valence-corrected chi connectivity index (χ0v) is 13.2. The summed E-state index contributed by atoms with van der Waals surface area (Å²) in [6.45, 7) is 5.85. The number of carbonyl (C=O) groups is 1. The third-order valence-corrected chi connectivity index (χ3v) is 6.18. The van der Waals surface area contributed by atoms with Gasteiger partial charge in [-0.05, 0) is 43.9 Å². The second-order valence-corrected chi connectivity index (χ2v) is 6.96. The lowest BCUT2D eigenvalue weighted by molar-refractivity contribution is 0.0973. The van der Waals surface area contributed by atoms with E-state index in [2.05, 4.69) is 16.7 Å². The SMILES string of the molecule is CC.CN1CCC2(CC1)c1cscc1C(=O)NS2=O. The molecule has 1 fully saturated rings. The van der Waals surface area contributed by atoms with Gasteiger partial charge in [0.2, 0.25) is 0 Å². The van der Waals surface area contributed by atoms with E-state index in [1.54, 1.807) is 0 Å². The number of fused-ring (bicyclic) bond motifs is 2. The summed E-state index contributed by atoms with van der Waals surface area (Å²) in [7, 11) is 0.786. The predicted octanol–water partition coefficient (Wildman–Crippen LogP) is 2.10. The zero-order chi connectivity index (χ0) is 14.0. The molecule has 0 radical (unpaired) electrons. The molecule has 6 heteroatoms. The van der Waals surface area contributed by atoms with Gasteiger partial charge in [0.15, 0.2) is 0 Å². The van der Waals surface area contributed by atoms with Crippen LogP contribution < -0.4 is 4.72 Å². The van der Waals surface area contributed by atoms with Crippen LogP contribution in [0.3, 0.4) is 0 Å². The van der Waals surface area contributed by atoms with Gasteiger partial charge in [0.1, 0.15) is 11.0 Å². The van der Waals surface area contributed by atoms with E-state index in [0.717, 1.165) is 37.1 Å². The normalized spacial score (nSPS) is 25.2. The summed E-state index contributed by atoms with van der Waals surface area (Å²) < 4.78 is 14.6. The number of nitrogens with one attached hydrogen (secondary N) is 1. The number of hydrogen-bond donors (Lipinski definition) is 1. The van der Waals surface area contributed by atoms with Gasteiger partial charge >= 0.3 is 0 Å². The Bertz CT molecular complexity index is 491. The van der Waals surface area contributed by atoms with Crippen LogP contribution >= 0.6 is 11.3 Å². The Labute approximate surface area is 120 Å². The van der Waals surface area contributed by atoms with E-state index in [1.807, 2.05) is 24.6 Å². The summed E-state index contributed by atoms with van der Waals surface area (Å²) in [4.78, 5) is 14.0. The third-order valence-electron chi connectivity index (χ3n) is 3.73. The number of carbonyl (C=O) groups excluding carboxylic acids is 1. The fourth-order valence-electron chi connectivity index (χ4n) is 2.60. The molecular formula is C13H20N2O2S2. The number of rotatable bonds is 0. The Morgan fingerprint density at radius 3 is 2.58 bits per heavy atom. The summed E-state index contributed by atoms with van der Waals surface area (Å²) in [5, 5.41) is 3.86. The van der Waals surface area contributed by atoms with E-state index in [-0.39, 0.29) is 10.7 Å². The van der Waals surface area contributed by atoms with Crippen LogP contribution in [-0.2, 0) is 15.7 Å². The maximum Gasteiger partial charge on any atom is 0.264 e. The molecule has 3 heterocycles. The van der Waals surface area contributed by atoms with Gasteiger partial charge in [-0.15, -0.1) is 0 Å². The van der Waals surface area contributed by atoms with Gasteiger partial charge in [0.05, 0.1) is 10.3 Å². The van der Waals surface area contributed by atoms with Gasteiger partial charge in [-0.3, -0.25) is 9.52 Å². The van der Waals surface area contributed by atoms with E-state index in [4.69, 9.17) is 0 Å². The molecule has 3 rings (SSSR count). The molecule has 1 aromatic heterocycles. The molecule has 0 aliphatic carbocycles. The van der Waals surface area contributed by atoms with Crippen LogP contribution in [-0.4, -0.2) is 35.2 Å². The Kier molecular flexibility index (Phi) is 4.43. The molecule has 1 saturated heterocycles. The van der Waals surface area contributed by atoms with Crippen molar-refractivity contribution in [1.29, 1.82) is 0 Å². The highest BCUT2D eigenvalue weighted by atomic mass is 32.2. The molecule has 2 aliphatic rings. The first-order chi connectivity index (χ1) is 9.13. The van der Waals surface area contributed by atoms with Crippen molar-refractivity contribution in [3.8, 4) is 0 Å². The van der Waals surface area contributed by atoms with E-state index in [9.17, 15) is 9.00 Å². The Hall–Kier alpha value is -0.720. The van der Waals surface area contributed by atoms with Crippen LogP contribution in [0.5, 0.6) is 0 Å². The predicted molar refractivity (Wildman–Crippen MR) is 79.7 cm³/mol. The standard InChI is InChI=1S/C11H14N2O2S2.C2H6/c1-13-4-2-11(3-5-13)9-7-16-6-8(9)10(14)12-17(11)15;1-2/h6-7H,2-5H2,1H3,(H,12,14);1-2H3.